The Morgan fingerprint density at radius 3 is 2.24 bits per heavy atom. The third-order valence-electron chi connectivity index (χ3n) is 2.72. The number of rotatable bonds is 6. The molecule has 0 bridgehead atoms. The summed E-state index contributed by atoms with van der Waals surface area (Å²) in [4.78, 5) is 12.6. The Morgan fingerprint density at radius 2 is 1.81 bits per heavy atom. The topological polar surface area (TPSA) is 72.8 Å². The van der Waals surface area contributed by atoms with Crippen molar-refractivity contribution in [2.45, 2.75) is 13.1 Å². The number of carbonyl (C=O) groups excluding carboxylic acids is 1. The highest BCUT2D eigenvalue weighted by Gasteiger charge is 2.31. The van der Waals surface area contributed by atoms with E-state index in [9.17, 15) is 18.0 Å². The molecule has 1 aromatic rings. The van der Waals surface area contributed by atoms with Crippen LogP contribution in [0.25, 0.3) is 0 Å². The zero-order valence-electron chi connectivity index (χ0n) is 11.4. The number of anilines is 2. The van der Waals surface area contributed by atoms with E-state index in [2.05, 4.69) is 5.32 Å². The molecule has 1 rings (SSSR count). The number of aliphatic hydroxyl groups excluding tert-OH is 2. The van der Waals surface area contributed by atoms with E-state index in [1.165, 1.54) is 17.9 Å². The van der Waals surface area contributed by atoms with Gasteiger partial charge in [-0.1, -0.05) is 0 Å². The lowest BCUT2D eigenvalue weighted by Gasteiger charge is -2.26. The van der Waals surface area contributed by atoms with Crippen LogP contribution in [0.4, 0.5) is 24.5 Å². The number of nitrogens with zero attached hydrogens (tertiary/aromatic N) is 1. The molecule has 0 heterocycles. The molecule has 0 unspecified atom stereocenters. The average Bonchev–Trinajstić information content (AvgIpc) is 2.36. The fourth-order valence-corrected chi connectivity index (χ4v) is 1.87. The minimum absolute atomic E-state index is 0.0146. The highest BCUT2D eigenvalue weighted by molar-refractivity contribution is 5.93. The minimum atomic E-state index is -4.52. The van der Waals surface area contributed by atoms with E-state index in [0.29, 0.717) is 5.69 Å². The summed E-state index contributed by atoms with van der Waals surface area (Å²) in [6, 6.07) is 2.93. The monoisotopic (exact) mass is 306 g/mol. The molecule has 1 amide bonds. The third-order valence-corrected chi connectivity index (χ3v) is 2.72. The van der Waals surface area contributed by atoms with Gasteiger partial charge in [0.1, 0.15) is 0 Å². The van der Waals surface area contributed by atoms with Crippen LogP contribution in [0.5, 0.6) is 0 Å². The number of hydrogen-bond acceptors (Lipinski definition) is 4. The molecule has 118 valence electrons. The molecule has 21 heavy (non-hydrogen) atoms. The second kappa shape index (κ2) is 7.28. The zero-order chi connectivity index (χ0) is 16.0. The van der Waals surface area contributed by atoms with Gasteiger partial charge in [-0.3, -0.25) is 4.79 Å². The molecular formula is C13H17F3N2O3. The molecule has 0 fully saturated rings. The van der Waals surface area contributed by atoms with E-state index in [0.717, 1.165) is 12.1 Å². The lowest BCUT2D eigenvalue weighted by molar-refractivity contribution is -0.137. The molecule has 0 aliphatic heterocycles. The molecule has 0 aromatic heterocycles. The standard InChI is InChI=1S/C13H17F3N2O3/c1-9(21)17-11-8-10(13(14,15)16)2-3-12(11)18(4-6-19)5-7-20/h2-3,8,19-20H,4-7H2,1H3,(H,17,21). The van der Waals surface area contributed by atoms with Crippen LogP contribution in [0.1, 0.15) is 12.5 Å². The van der Waals surface area contributed by atoms with Gasteiger partial charge in [-0.25, -0.2) is 0 Å². The normalized spacial score (nSPS) is 11.3. The van der Waals surface area contributed by atoms with Crippen LogP contribution in [0.15, 0.2) is 18.2 Å². The lowest BCUT2D eigenvalue weighted by atomic mass is 10.1. The molecule has 0 spiro atoms. The Bertz CT molecular complexity index is 486. The molecule has 0 radical (unpaired) electrons. The van der Waals surface area contributed by atoms with Gasteiger partial charge >= 0.3 is 6.18 Å². The smallest absolute Gasteiger partial charge is 0.395 e. The van der Waals surface area contributed by atoms with Gasteiger partial charge < -0.3 is 20.4 Å². The second-order valence-electron chi connectivity index (χ2n) is 4.35. The van der Waals surface area contributed by atoms with Crippen molar-refractivity contribution in [3.05, 3.63) is 23.8 Å². The van der Waals surface area contributed by atoms with Crippen LogP contribution in [-0.4, -0.2) is 42.4 Å². The predicted molar refractivity (Wildman–Crippen MR) is 72.1 cm³/mol. The van der Waals surface area contributed by atoms with Gasteiger partial charge in [0.05, 0.1) is 30.2 Å². The number of nitrogens with one attached hydrogen (secondary N) is 1. The van der Waals surface area contributed by atoms with Crippen molar-refractivity contribution in [1.82, 2.24) is 0 Å². The lowest BCUT2D eigenvalue weighted by Crippen LogP contribution is -2.30. The number of benzene rings is 1. The highest BCUT2D eigenvalue weighted by Crippen LogP contribution is 2.35. The Labute approximate surface area is 120 Å². The van der Waals surface area contributed by atoms with Gasteiger partial charge in [-0.2, -0.15) is 13.2 Å². The van der Waals surface area contributed by atoms with Crippen molar-refractivity contribution in [3.63, 3.8) is 0 Å². The molecular weight excluding hydrogens is 289 g/mol. The summed E-state index contributed by atoms with van der Waals surface area (Å²) in [7, 11) is 0. The number of aliphatic hydroxyl groups is 2. The number of alkyl halides is 3. The second-order valence-corrected chi connectivity index (χ2v) is 4.35. The zero-order valence-corrected chi connectivity index (χ0v) is 11.4. The maximum absolute atomic E-state index is 12.7. The quantitative estimate of drug-likeness (QED) is 0.744. The summed E-state index contributed by atoms with van der Waals surface area (Å²) in [5.41, 5.74) is -0.594. The Balaban J connectivity index is 3.25. The largest absolute Gasteiger partial charge is 0.416 e. The summed E-state index contributed by atoms with van der Waals surface area (Å²) < 4.78 is 38.2. The van der Waals surface area contributed by atoms with Crippen molar-refractivity contribution in [1.29, 1.82) is 0 Å². The summed E-state index contributed by atoms with van der Waals surface area (Å²) in [6.07, 6.45) is -4.52. The highest BCUT2D eigenvalue weighted by atomic mass is 19.4. The fourth-order valence-electron chi connectivity index (χ4n) is 1.87. The number of halogens is 3. The van der Waals surface area contributed by atoms with Crippen LogP contribution in [0.3, 0.4) is 0 Å². The molecule has 8 heteroatoms. The van der Waals surface area contributed by atoms with Crippen molar-refractivity contribution >= 4 is 17.3 Å². The van der Waals surface area contributed by atoms with E-state index in [4.69, 9.17) is 10.2 Å². The van der Waals surface area contributed by atoms with Crippen molar-refractivity contribution < 1.29 is 28.2 Å². The van der Waals surface area contributed by atoms with E-state index in [-0.39, 0.29) is 32.0 Å². The maximum atomic E-state index is 12.7. The van der Waals surface area contributed by atoms with Crippen LogP contribution < -0.4 is 10.2 Å². The number of amides is 1. The van der Waals surface area contributed by atoms with Gasteiger partial charge in [0.15, 0.2) is 0 Å². The molecule has 0 atom stereocenters. The van der Waals surface area contributed by atoms with Gasteiger partial charge in [0.2, 0.25) is 5.91 Å². The van der Waals surface area contributed by atoms with Gasteiger partial charge in [0, 0.05) is 20.0 Å². The summed E-state index contributed by atoms with van der Waals surface area (Å²) in [5, 5.41) is 20.3. The summed E-state index contributed by atoms with van der Waals surface area (Å²) in [6.45, 7) is 0.963. The molecule has 0 saturated heterocycles. The predicted octanol–water partition coefficient (Wildman–Crippen LogP) is 1.45. The first-order chi connectivity index (χ1) is 9.79. The van der Waals surface area contributed by atoms with E-state index in [1.807, 2.05) is 0 Å². The van der Waals surface area contributed by atoms with E-state index in [1.54, 1.807) is 0 Å². The summed E-state index contributed by atoms with van der Waals surface area (Å²) in [5.74, 6) is -0.511. The Hall–Kier alpha value is -1.80. The van der Waals surface area contributed by atoms with Crippen LogP contribution in [0, 0.1) is 0 Å². The number of hydrogen-bond donors (Lipinski definition) is 3. The SMILES string of the molecule is CC(=O)Nc1cc(C(F)(F)F)ccc1N(CCO)CCO. The Morgan fingerprint density at radius 1 is 1.24 bits per heavy atom. The van der Waals surface area contributed by atoms with E-state index >= 15 is 0 Å². The van der Waals surface area contributed by atoms with Gasteiger partial charge in [-0.05, 0) is 18.2 Å². The van der Waals surface area contributed by atoms with Gasteiger partial charge in [0.25, 0.3) is 0 Å². The first-order valence-corrected chi connectivity index (χ1v) is 6.25. The van der Waals surface area contributed by atoms with Crippen LogP contribution in [0.2, 0.25) is 0 Å². The minimum Gasteiger partial charge on any atom is -0.395 e. The molecule has 0 aliphatic carbocycles. The molecule has 3 N–H and O–H groups in total. The number of carbonyl (C=O) groups is 1. The molecule has 0 saturated carbocycles. The van der Waals surface area contributed by atoms with Crippen molar-refractivity contribution in [3.8, 4) is 0 Å². The molecule has 0 aliphatic rings. The van der Waals surface area contributed by atoms with Crippen LogP contribution in [-0.2, 0) is 11.0 Å². The first-order valence-electron chi connectivity index (χ1n) is 6.25. The molecule has 5 nitrogen and oxygen atoms in total. The third kappa shape index (κ3) is 4.91. The summed E-state index contributed by atoms with van der Waals surface area (Å²) >= 11 is 0. The average molecular weight is 306 g/mol. The Kier molecular flexibility index (Phi) is 5.98. The van der Waals surface area contributed by atoms with Crippen LogP contribution >= 0.6 is 0 Å². The van der Waals surface area contributed by atoms with Gasteiger partial charge in [-0.15, -0.1) is 0 Å². The maximum Gasteiger partial charge on any atom is 0.416 e. The van der Waals surface area contributed by atoms with Crippen molar-refractivity contribution in [2.75, 3.05) is 36.5 Å². The fraction of sp³-hybridized carbons (Fsp3) is 0.462. The molecule has 1 aromatic carbocycles. The first kappa shape index (κ1) is 17.3. The van der Waals surface area contributed by atoms with Crippen molar-refractivity contribution in [2.24, 2.45) is 0 Å². The van der Waals surface area contributed by atoms with E-state index < -0.39 is 17.6 Å².